The Balaban J connectivity index is 1.74. The molecule has 3 aromatic rings. The SMILES string of the molecule is Cc1ccc2nc(-c3cccnc3)cc(C(=O)N3CC[C@H](CS(N)(=O)=O)C3)c2c1. The van der Waals surface area contributed by atoms with Crippen LogP contribution in [-0.4, -0.2) is 48.0 Å². The molecule has 0 spiro atoms. The fraction of sp³-hybridized carbons (Fsp3) is 0.286. The van der Waals surface area contributed by atoms with Crippen molar-refractivity contribution in [3.63, 3.8) is 0 Å². The number of likely N-dealkylation sites (tertiary alicyclic amines) is 1. The quantitative estimate of drug-likeness (QED) is 0.711. The number of hydrogen-bond donors (Lipinski definition) is 1. The Morgan fingerprint density at radius 1 is 1.28 bits per heavy atom. The fourth-order valence-corrected chi connectivity index (χ4v) is 4.76. The van der Waals surface area contributed by atoms with Gasteiger partial charge in [0.25, 0.3) is 5.91 Å². The molecule has 0 saturated carbocycles. The highest BCUT2D eigenvalue weighted by atomic mass is 32.2. The van der Waals surface area contributed by atoms with Gasteiger partial charge < -0.3 is 4.90 Å². The monoisotopic (exact) mass is 410 g/mol. The van der Waals surface area contributed by atoms with Crippen molar-refractivity contribution >= 4 is 26.8 Å². The van der Waals surface area contributed by atoms with E-state index < -0.39 is 10.0 Å². The van der Waals surface area contributed by atoms with Crippen molar-refractivity contribution in [2.75, 3.05) is 18.8 Å². The van der Waals surface area contributed by atoms with Crippen LogP contribution in [0.25, 0.3) is 22.2 Å². The van der Waals surface area contributed by atoms with E-state index in [9.17, 15) is 13.2 Å². The molecule has 0 bridgehead atoms. The molecule has 1 saturated heterocycles. The van der Waals surface area contributed by atoms with Crippen molar-refractivity contribution < 1.29 is 13.2 Å². The summed E-state index contributed by atoms with van der Waals surface area (Å²) >= 11 is 0. The molecule has 1 fully saturated rings. The molecule has 8 heteroatoms. The Bertz CT molecular complexity index is 1180. The van der Waals surface area contributed by atoms with Gasteiger partial charge >= 0.3 is 0 Å². The van der Waals surface area contributed by atoms with Gasteiger partial charge in [0.1, 0.15) is 0 Å². The zero-order valence-corrected chi connectivity index (χ0v) is 16.9. The average molecular weight is 410 g/mol. The Hall–Kier alpha value is -2.84. The van der Waals surface area contributed by atoms with Crippen LogP contribution in [0, 0.1) is 12.8 Å². The van der Waals surface area contributed by atoms with Gasteiger partial charge in [0, 0.05) is 36.4 Å². The smallest absolute Gasteiger partial charge is 0.254 e. The number of amides is 1. The number of sulfonamides is 1. The lowest BCUT2D eigenvalue weighted by atomic mass is 10.0. The molecular weight excluding hydrogens is 388 g/mol. The van der Waals surface area contributed by atoms with Crippen molar-refractivity contribution in [1.29, 1.82) is 0 Å². The second kappa shape index (κ2) is 7.53. The van der Waals surface area contributed by atoms with Crippen molar-refractivity contribution in [2.45, 2.75) is 13.3 Å². The van der Waals surface area contributed by atoms with E-state index in [0.29, 0.717) is 30.8 Å². The number of carbonyl (C=O) groups excluding carboxylic acids is 1. The fourth-order valence-electron chi connectivity index (χ4n) is 3.83. The van der Waals surface area contributed by atoms with Gasteiger partial charge in [-0.2, -0.15) is 0 Å². The highest BCUT2D eigenvalue weighted by Crippen LogP contribution is 2.28. The first kappa shape index (κ1) is 19.5. The van der Waals surface area contributed by atoms with Crippen LogP contribution in [0.4, 0.5) is 0 Å². The second-order valence-corrected chi connectivity index (χ2v) is 9.21. The summed E-state index contributed by atoms with van der Waals surface area (Å²) in [5.41, 5.74) is 3.85. The zero-order chi connectivity index (χ0) is 20.6. The number of pyridine rings is 2. The molecule has 7 nitrogen and oxygen atoms in total. The van der Waals surface area contributed by atoms with Crippen molar-refractivity contribution in [1.82, 2.24) is 14.9 Å². The lowest BCUT2D eigenvalue weighted by Gasteiger charge is -2.18. The normalized spacial score (nSPS) is 17.0. The number of primary sulfonamides is 1. The average Bonchev–Trinajstić information content (AvgIpc) is 3.14. The Labute approximate surface area is 169 Å². The molecule has 0 aliphatic carbocycles. The minimum Gasteiger partial charge on any atom is -0.338 e. The largest absolute Gasteiger partial charge is 0.338 e. The first-order chi connectivity index (χ1) is 13.8. The van der Waals surface area contributed by atoms with Gasteiger partial charge in [-0.3, -0.25) is 9.78 Å². The molecule has 29 heavy (non-hydrogen) atoms. The number of nitrogens with zero attached hydrogens (tertiary/aromatic N) is 3. The first-order valence-electron chi connectivity index (χ1n) is 9.42. The molecule has 4 rings (SSSR count). The standard InChI is InChI=1S/C21H22N4O3S/c1-14-4-5-19-17(9-14)18(10-20(24-19)16-3-2-7-23-11-16)21(26)25-8-6-15(12-25)13-29(22,27)28/h2-5,7,9-11,15H,6,8,12-13H2,1H3,(H2,22,27,28)/t15-/m0/s1. The molecule has 3 heterocycles. The number of benzene rings is 1. The lowest BCUT2D eigenvalue weighted by Crippen LogP contribution is -2.31. The zero-order valence-electron chi connectivity index (χ0n) is 16.1. The molecule has 1 aliphatic rings. The van der Waals surface area contributed by atoms with E-state index in [1.54, 1.807) is 23.4 Å². The molecular formula is C21H22N4O3S. The van der Waals surface area contributed by atoms with Crippen LogP contribution >= 0.6 is 0 Å². The predicted octanol–water partition coefficient (Wildman–Crippen LogP) is 2.36. The lowest BCUT2D eigenvalue weighted by molar-refractivity contribution is 0.0790. The van der Waals surface area contributed by atoms with Crippen LogP contribution in [0.3, 0.4) is 0 Å². The number of hydrogen-bond acceptors (Lipinski definition) is 5. The maximum Gasteiger partial charge on any atom is 0.254 e. The number of rotatable bonds is 4. The van der Waals surface area contributed by atoms with Gasteiger partial charge in [-0.15, -0.1) is 0 Å². The molecule has 1 aromatic carbocycles. The first-order valence-corrected chi connectivity index (χ1v) is 11.1. The van der Waals surface area contributed by atoms with E-state index in [2.05, 4.69) is 4.98 Å². The van der Waals surface area contributed by atoms with E-state index in [1.165, 1.54) is 0 Å². The summed E-state index contributed by atoms with van der Waals surface area (Å²) in [5.74, 6) is -0.361. The van der Waals surface area contributed by atoms with Gasteiger partial charge in [0.2, 0.25) is 10.0 Å². The van der Waals surface area contributed by atoms with E-state index in [0.717, 1.165) is 22.0 Å². The molecule has 0 unspecified atom stereocenters. The Morgan fingerprint density at radius 3 is 2.83 bits per heavy atom. The third kappa shape index (κ3) is 4.28. The third-order valence-corrected chi connectivity index (χ3v) is 6.13. The molecule has 1 aliphatic heterocycles. The summed E-state index contributed by atoms with van der Waals surface area (Å²) in [6, 6.07) is 11.4. The van der Waals surface area contributed by atoms with Crippen LogP contribution in [0.2, 0.25) is 0 Å². The molecule has 2 aromatic heterocycles. The highest BCUT2D eigenvalue weighted by molar-refractivity contribution is 7.89. The van der Waals surface area contributed by atoms with E-state index in [-0.39, 0.29) is 17.6 Å². The van der Waals surface area contributed by atoms with Crippen molar-refractivity contribution in [3.8, 4) is 11.3 Å². The molecule has 150 valence electrons. The van der Waals surface area contributed by atoms with Gasteiger partial charge in [-0.05, 0) is 49.6 Å². The Kier molecular flexibility index (Phi) is 5.06. The number of aromatic nitrogens is 2. The van der Waals surface area contributed by atoms with Crippen molar-refractivity contribution in [2.24, 2.45) is 11.1 Å². The Morgan fingerprint density at radius 2 is 2.10 bits per heavy atom. The van der Waals surface area contributed by atoms with Crippen LogP contribution in [-0.2, 0) is 10.0 Å². The summed E-state index contributed by atoms with van der Waals surface area (Å²) in [6.07, 6.45) is 4.03. The maximum absolute atomic E-state index is 13.4. The summed E-state index contributed by atoms with van der Waals surface area (Å²) in [5, 5.41) is 5.97. The molecule has 2 N–H and O–H groups in total. The van der Waals surface area contributed by atoms with E-state index >= 15 is 0 Å². The summed E-state index contributed by atoms with van der Waals surface area (Å²) < 4.78 is 22.8. The van der Waals surface area contributed by atoms with Crippen LogP contribution in [0.1, 0.15) is 22.3 Å². The third-order valence-electron chi connectivity index (χ3n) is 5.19. The second-order valence-electron chi connectivity index (χ2n) is 7.55. The molecule has 0 radical (unpaired) electrons. The van der Waals surface area contributed by atoms with Crippen LogP contribution in [0.15, 0.2) is 48.8 Å². The molecule has 1 atom stereocenters. The maximum atomic E-state index is 13.4. The number of fused-ring (bicyclic) bond motifs is 1. The topological polar surface area (TPSA) is 106 Å². The summed E-state index contributed by atoms with van der Waals surface area (Å²) in [6.45, 7) is 2.87. The van der Waals surface area contributed by atoms with E-state index in [4.69, 9.17) is 10.1 Å². The minimum absolute atomic E-state index is 0.103. The van der Waals surface area contributed by atoms with Gasteiger partial charge in [-0.25, -0.2) is 18.5 Å². The summed E-state index contributed by atoms with van der Waals surface area (Å²) in [7, 11) is -3.56. The van der Waals surface area contributed by atoms with Crippen LogP contribution < -0.4 is 5.14 Å². The van der Waals surface area contributed by atoms with E-state index in [1.807, 2.05) is 37.3 Å². The van der Waals surface area contributed by atoms with Crippen LogP contribution in [0.5, 0.6) is 0 Å². The molecule has 1 amide bonds. The van der Waals surface area contributed by atoms with Gasteiger partial charge in [-0.1, -0.05) is 11.6 Å². The number of aryl methyl sites for hydroxylation is 1. The minimum atomic E-state index is -3.56. The highest BCUT2D eigenvalue weighted by Gasteiger charge is 2.30. The van der Waals surface area contributed by atoms with Crippen molar-refractivity contribution in [3.05, 3.63) is 59.9 Å². The predicted molar refractivity (Wildman–Crippen MR) is 112 cm³/mol. The number of carbonyl (C=O) groups is 1. The number of nitrogens with two attached hydrogens (primary N) is 1. The van der Waals surface area contributed by atoms with Gasteiger partial charge in [0.05, 0.1) is 22.5 Å². The van der Waals surface area contributed by atoms with Gasteiger partial charge in [0.15, 0.2) is 0 Å². The summed E-state index contributed by atoms with van der Waals surface area (Å²) in [4.78, 5) is 23.9.